The molecule has 1 heterocycles. The number of carboxylic acid groups (broad SMARTS) is 1. The largest absolute Gasteiger partial charge is 0.480 e. The maximum absolute atomic E-state index is 12.8. The number of aliphatic carboxylic acids is 1. The van der Waals surface area contributed by atoms with Crippen LogP contribution in [0.15, 0.2) is 34.9 Å². The molecule has 0 saturated heterocycles. The molecule has 19 heavy (non-hydrogen) atoms. The van der Waals surface area contributed by atoms with Gasteiger partial charge < -0.3 is 9.52 Å². The van der Waals surface area contributed by atoms with Crippen molar-refractivity contribution >= 4 is 5.97 Å². The minimum absolute atomic E-state index is 0.290. The van der Waals surface area contributed by atoms with Crippen molar-refractivity contribution in [2.45, 2.75) is 19.5 Å². The Kier molecular flexibility index (Phi) is 3.91. The number of nitrogens with one attached hydrogen (secondary N) is 1. The van der Waals surface area contributed by atoms with Gasteiger partial charge >= 0.3 is 5.97 Å². The molecule has 100 valence electrons. The Hall–Kier alpha value is -2.21. The van der Waals surface area contributed by atoms with Crippen LogP contribution < -0.4 is 5.32 Å². The topological polar surface area (TPSA) is 75.4 Å². The molecular weight excluding hydrogens is 251 g/mol. The van der Waals surface area contributed by atoms with E-state index >= 15 is 0 Å². The summed E-state index contributed by atoms with van der Waals surface area (Å²) in [7, 11) is 0. The SMILES string of the molecule is CC(NCc1coc(-c2ccc(F)cc2)n1)C(=O)O. The van der Waals surface area contributed by atoms with Gasteiger partial charge in [-0.15, -0.1) is 0 Å². The number of hydrogen-bond donors (Lipinski definition) is 2. The molecule has 2 N–H and O–H groups in total. The van der Waals surface area contributed by atoms with Gasteiger partial charge in [-0.1, -0.05) is 0 Å². The first-order valence-corrected chi connectivity index (χ1v) is 5.73. The smallest absolute Gasteiger partial charge is 0.320 e. The highest BCUT2D eigenvalue weighted by molar-refractivity contribution is 5.72. The summed E-state index contributed by atoms with van der Waals surface area (Å²) in [5.74, 6) is -0.880. The molecule has 1 atom stereocenters. The van der Waals surface area contributed by atoms with E-state index in [0.717, 1.165) is 0 Å². The highest BCUT2D eigenvalue weighted by atomic mass is 19.1. The van der Waals surface area contributed by atoms with Gasteiger partial charge in [0.05, 0.1) is 5.69 Å². The maximum Gasteiger partial charge on any atom is 0.320 e. The van der Waals surface area contributed by atoms with Crippen LogP contribution in [0.5, 0.6) is 0 Å². The normalized spacial score (nSPS) is 12.3. The van der Waals surface area contributed by atoms with Crippen LogP contribution in [0, 0.1) is 5.82 Å². The summed E-state index contributed by atoms with van der Waals surface area (Å²) in [6, 6.07) is 5.12. The average molecular weight is 264 g/mol. The molecule has 1 unspecified atom stereocenters. The molecule has 0 fully saturated rings. The van der Waals surface area contributed by atoms with E-state index in [0.29, 0.717) is 17.1 Å². The molecule has 1 aromatic carbocycles. The molecular formula is C13H13FN2O3. The van der Waals surface area contributed by atoms with Gasteiger partial charge in [0.2, 0.25) is 5.89 Å². The summed E-state index contributed by atoms with van der Waals surface area (Å²) in [6.07, 6.45) is 1.44. The third-order valence-corrected chi connectivity index (χ3v) is 2.60. The lowest BCUT2D eigenvalue weighted by molar-refractivity contribution is -0.139. The Morgan fingerprint density at radius 1 is 1.47 bits per heavy atom. The van der Waals surface area contributed by atoms with E-state index in [9.17, 15) is 9.18 Å². The van der Waals surface area contributed by atoms with Crippen LogP contribution in [0.25, 0.3) is 11.5 Å². The number of nitrogens with zero attached hydrogens (tertiary/aromatic N) is 1. The summed E-state index contributed by atoms with van der Waals surface area (Å²) in [4.78, 5) is 14.8. The van der Waals surface area contributed by atoms with Crippen LogP contribution in [0.4, 0.5) is 4.39 Å². The first-order chi connectivity index (χ1) is 9.06. The Morgan fingerprint density at radius 3 is 2.79 bits per heavy atom. The lowest BCUT2D eigenvalue weighted by Gasteiger charge is -2.05. The minimum atomic E-state index is -0.928. The number of carbonyl (C=O) groups is 1. The molecule has 0 radical (unpaired) electrons. The summed E-state index contributed by atoms with van der Waals surface area (Å²) in [5, 5.41) is 11.5. The van der Waals surface area contributed by atoms with Gasteiger partial charge in [0.1, 0.15) is 18.1 Å². The maximum atomic E-state index is 12.8. The van der Waals surface area contributed by atoms with E-state index in [4.69, 9.17) is 9.52 Å². The number of carboxylic acids is 1. The van der Waals surface area contributed by atoms with Gasteiger partial charge in [-0.2, -0.15) is 0 Å². The van der Waals surface area contributed by atoms with Gasteiger partial charge in [-0.05, 0) is 31.2 Å². The van der Waals surface area contributed by atoms with Gasteiger partial charge in [0.15, 0.2) is 0 Å². The summed E-state index contributed by atoms with van der Waals surface area (Å²) >= 11 is 0. The number of rotatable bonds is 5. The van der Waals surface area contributed by atoms with Crippen molar-refractivity contribution in [2.75, 3.05) is 0 Å². The molecule has 5 nitrogen and oxygen atoms in total. The van der Waals surface area contributed by atoms with Crippen molar-refractivity contribution in [3.8, 4) is 11.5 Å². The fourth-order valence-electron chi connectivity index (χ4n) is 1.46. The van der Waals surface area contributed by atoms with Crippen LogP contribution >= 0.6 is 0 Å². The fourth-order valence-corrected chi connectivity index (χ4v) is 1.46. The third kappa shape index (κ3) is 3.38. The van der Waals surface area contributed by atoms with Crippen LogP contribution in [0.3, 0.4) is 0 Å². The lowest BCUT2D eigenvalue weighted by Crippen LogP contribution is -2.33. The van der Waals surface area contributed by atoms with Crippen molar-refractivity contribution < 1.29 is 18.7 Å². The van der Waals surface area contributed by atoms with Crippen molar-refractivity contribution in [3.63, 3.8) is 0 Å². The van der Waals surface area contributed by atoms with Crippen molar-refractivity contribution in [1.29, 1.82) is 0 Å². The standard InChI is InChI=1S/C13H13FN2O3/c1-8(13(17)18)15-6-11-7-19-12(16-11)9-2-4-10(14)5-3-9/h2-5,7-8,15H,6H2,1H3,(H,17,18). The Morgan fingerprint density at radius 2 is 2.16 bits per heavy atom. The van der Waals surface area contributed by atoms with Gasteiger partial charge in [-0.3, -0.25) is 10.1 Å². The predicted octanol–water partition coefficient (Wildman–Crippen LogP) is 2.04. The average Bonchev–Trinajstić information content (AvgIpc) is 2.85. The lowest BCUT2D eigenvalue weighted by atomic mass is 10.2. The predicted molar refractivity (Wildman–Crippen MR) is 65.8 cm³/mol. The zero-order chi connectivity index (χ0) is 13.8. The molecule has 0 amide bonds. The molecule has 2 aromatic rings. The number of benzene rings is 1. The number of aromatic nitrogens is 1. The zero-order valence-corrected chi connectivity index (χ0v) is 10.3. The van der Waals surface area contributed by atoms with Gasteiger partial charge in [0.25, 0.3) is 0 Å². The molecule has 0 spiro atoms. The molecule has 6 heteroatoms. The van der Waals surface area contributed by atoms with E-state index < -0.39 is 12.0 Å². The van der Waals surface area contributed by atoms with E-state index in [-0.39, 0.29) is 12.4 Å². The highest BCUT2D eigenvalue weighted by Gasteiger charge is 2.11. The molecule has 0 bridgehead atoms. The van der Waals surface area contributed by atoms with E-state index in [1.54, 1.807) is 19.1 Å². The molecule has 0 aliphatic rings. The van der Waals surface area contributed by atoms with Crippen LogP contribution in [-0.2, 0) is 11.3 Å². The van der Waals surface area contributed by atoms with Gasteiger partial charge in [0, 0.05) is 12.1 Å². The monoisotopic (exact) mass is 264 g/mol. The molecule has 2 rings (SSSR count). The molecule has 1 aromatic heterocycles. The Balaban J connectivity index is 2.03. The zero-order valence-electron chi connectivity index (χ0n) is 10.3. The fraction of sp³-hybridized carbons (Fsp3) is 0.231. The quantitative estimate of drug-likeness (QED) is 0.864. The van der Waals surface area contributed by atoms with E-state index in [1.165, 1.54) is 18.4 Å². The van der Waals surface area contributed by atoms with Crippen molar-refractivity contribution in [2.24, 2.45) is 0 Å². The second kappa shape index (κ2) is 5.62. The first kappa shape index (κ1) is 13.2. The third-order valence-electron chi connectivity index (χ3n) is 2.60. The first-order valence-electron chi connectivity index (χ1n) is 5.73. The highest BCUT2D eigenvalue weighted by Crippen LogP contribution is 2.18. The van der Waals surface area contributed by atoms with E-state index in [2.05, 4.69) is 10.3 Å². The summed E-state index contributed by atoms with van der Waals surface area (Å²) < 4.78 is 18.0. The molecule has 0 aliphatic carbocycles. The number of halogens is 1. The Labute approximate surface area is 109 Å². The Bertz CT molecular complexity index is 566. The van der Waals surface area contributed by atoms with Crippen LogP contribution in [0.1, 0.15) is 12.6 Å². The second-order valence-corrected chi connectivity index (χ2v) is 4.09. The van der Waals surface area contributed by atoms with E-state index in [1.807, 2.05) is 0 Å². The van der Waals surface area contributed by atoms with Crippen molar-refractivity contribution in [3.05, 3.63) is 42.0 Å². The number of hydrogen-bond acceptors (Lipinski definition) is 4. The molecule has 0 saturated carbocycles. The summed E-state index contributed by atoms with van der Waals surface area (Å²) in [6.45, 7) is 1.83. The van der Waals surface area contributed by atoms with Crippen LogP contribution in [0.2, 0.25) is 0 Å². The van der Waals surface area contributed by atoms with Crippen molar-refractivity contribution in [1.82, 2.24) is 10.3 Å². The summed E-state index contributed by atoms with van der Waals surface area (Å²) in [5.41, 5.74) is 1.26. The second-order valence-electron chi connectivity index (χ2n) is 4.09. The molecule has 0 aliphatic heterocycles. The minimum Gasteiger partial charge on any atom is -0.480 e. The van der Waals surface area contributed by atoms with Crippen LogP contribution in [-0.4, -0.2) is 22.1 Å². The number of oxazole rings is 1. The van der Waals surface area contributed by atoms with Gasteiger partial charge in [-0.25, -0.2) is 9.37 Å².